The first-order valence-electron chi connectivity index (χ1n) is 4.80. The second kappa shape index (κ2) is 4.31. The third-order valence-corrected chi connectivity index (χ3v) is 2.33. The van der Waals surface area contributed by atoms with Gasteiger partial charge in [-0.3, -0.25) is 4.99 Å². The van der Waals surface area contributed by atoms with Gasteiger partial charge in [0.05, 0.1) is 5.70 Å². The van der Waals surface area contributed by atoms with Crippen molar-refractivity contribution in [3.8, 4) is 0 Å². The molecule has 0 fully saturated rings. The predicted molar refractivity (Wildman–Crippen MR) is 61.5 cm³/mol. The van der Waals surface area contributed by atoms with E-state index < -0.39 is 0 Å². The van der Waals surface area contributed by atoms with E-state index in [1.165, 1.54) is 11.3 Å². The van der Waals surface area contributed by atoms with Gasteiger partial charge in [-0.05, 0) is 13.0 Å². The van der Waals surface area contributed by atoms with Crippen LogP contribution in [0, 0.1) is 0 Å². The predicted octanol–water partition coefficient (Wildman–Crippen LogP) is 1.35. The average Bonchev–Trinajstić information content (AvgIpc) is 2.11. The monoisotopic (exact) mass is 193 g/mol. The molecule has 3 heteroatoms. The maximum absolute atomic E-state index is 4.30. The minimum Gasteiger partial charge on any atom is -0.368 e. The normalized spacial score (nSPS) is 17.8. The topological polar surface area (TPSA) is 18.8 Å². The largest absolute Gasteiger partial charge is 0.368 e. The van der Waals surface area contributed by atoms with Crippen LogP contribution in [0.4, 0.5) is 0 Å². The molecule has 0 amide bonds. The second-order valence-electron chi connectivity index (χ2n) is 3.80. The highest BCUT2D eigenvalue weighted by Crippen LogP contribution is 2.15. The Morgan fingerprint density at radius 1 is 1.50 bits per heavy atom. The standard InChI is InChI=1S/C11H19N3/c1-9-6-7-14(5)10(8-9)11(12-2)13(3)4/h6,8H,7H2,1-5H3. The highest BCUT2D eigenvalue weighted by Gasteiger charge is 2.15. The van der Waals surface area contributed by atoms with Crippen molar-refractivity contribution in [1.82, 2.24) is 9.80 Å². The molecule has 1 aliphatic rings. The average molecular weight is 193 g/mol. The van der Waals surface area contributed by atoms with E-state index in [0.717, 1.165) is 12.4 Å². The van der Waals surface area contributed by atoms with E-state index >= 15 is 0 Å². The zero-order valence-corrected chi connectivity index (χ0v) is 9.70. The molecule has 0 aromatic heterocycles. The molecule has 0 spiro atoms. The van der Waals surface area contributed by atoms with Crippen LogP contribution in [0.15, 0.2) is 28.4 Å². The van der Waals surface area contributed by atoms with Gasteiger partial charge in [-0.15, -0.1) is 0 Å². The fourth-order valence-electron chi connectivity index (χ4n) is 1.54. The van der Waals surface area contributed by atoms with Crippen LogP contribution in [0.3, 0.4) is 0 Å². The van der Waals surface area contributed by atoms with Crippen LogP contribution in [-0.2, 0) is 0 Å². The van der Waals surface area contributed by atoms with Crippen molar-refractivity contribution < 1.29 is 0 Å². The van der Waals surface area contributed by atoms with Gasteiger partial charge in [-0.25, -0.2) is 0 Å². The van der Waals surface area contributed by atoms with Gasteiger partial charge in [-0.2, -0.15) is 0 Å². The van der Waals surface area contributed by atoms with Crippen LogP contribution < -0.4 is 0 Å². The van der Waals surface area contributed by atoms with E-state index in [9.17, 15) is 0 Å². The zero-order valence-electron chi connectivity index (χ0n) is 9.70. The minimum atomic E-state index is 0.963. The number of likely N-dealkylation sites (N-methyl/N-ethyl adjacent to an activating group) is 2. The first-order valence-corrected chi connectivity index (χ1v) is 4.80. The van der Waals surface area contributed by atoms with Gasteiger partial charge < -0.3 is 9.80 Å². The van der Waals surface area contributed by atoms with Crippen LogP contribution >= 0.6 is 0 Å². The molecular weight excluding hydrogens is 174 g/mol. The molecule has 0 aromatic carbocycles. The Bertz CT molecular complexity index is 298. The van der Waals surface area contributed by atoms with Gasteiger partial charge in [0.25, 0.3) is 0 Å². The van der Waals surface area contributed by atoms with E-state index in [0.29, 0.717) is 0 Å². The fourth-order valence-corrected chi connectivity index (χ4v) is 1.54. The maximum atomic E-state index is 4.30. The van der Waals surface area contributed by atoms with Crippen molar-refractivity contribution in [2.75, 3.05) is 34.7 Å². The van der Waals surface area contributed by atoms with Crippen molar-refractivity contribution in [1.29, 1.82) is 0 Å². The summed E-state index contributed by atoms with van der Waals surface area (Å²) in [5, 5.41) is 0. The highest BCUT2D eigenvalue weighted by atomic mass is 15.2. The Hall–Kier alpha value is -1.25. The molecule has 0 N–H and O–H groups in total. The van der Waals surface area contributed by atoms with Crippen molar-refractivity contribution in [3.63, 3.8) is 0 Å². The van der Waals surface area contributed by atoms with E-state index in [1.54, 1.807) is 0 Å². The SMILES string of the molecule is CN=C(C1=CC(C)=CCN1C)N(C)C. The molecule has 3 nitrogen and oxygen atoms in total. The summed E-state index contributed by atoms with van der Waals surface area (Å²) >= 11 is 0. The summed E-state index contributed by atoms with van der Waals surface area (Å²) in [6.07, 6.45) is 4.39. The van der Waals surface area contributed by atoms with Gasteiger partial charge in [0.2, 0.25) is 0 Å². The van der Waals surface area contributed by atoms with Gasteiger partial charge >= 0.3 is 0 Å². The van der Waals surface area contributed by atoms with Crippen LogP contribution in [0.2, 0.25) is 0 Å². The second-order valence-corrected chi connectivity index (χ2v) is 3.80. The molecular formula is C11H19N3. The van der Waals surface area contributed by atoms with E-state index in [2.05, 4.69) is 36.0 Å². The van der Waals surface area contributed by atoms with Gasteiger partial charge in [0, 0.05) is 34.7 Å². The lowest BCUT2D eigenvalue weighted by Gasteiger charge is -2.29. The highest BCUT2D eigenvalue weighted by molar-refractivity contribution is 5.98. The molecule has 1 rings (SSSR count). The van der Waals surface area contributed by atoms with Crippen LogP contribution in [0.1, 0.15) is 6.92 Å². The Kier molecular flexibility index (Phi) is 3.33. The van der Waals surface area contributed by atoms with Crippen LogP contribution in [0.5, 0.6) is 0 Å². The lowest BCUT2D eigenvalue weighted by Crippen LogP contribution is -2.34. The Morgan fingerprint density at radius 3 is 2.64 bits per heavy atom. The summed E-state index contributed by atoms with van der Waals surface area (Å²) in [7, 11) is 7.95. The lowest BCUT2D eigenvalue weighted by molar-refractivity contribution is 0.462. The number of hydrogen-bond acceptors (Lipinski definition) is 2. The summed E-state index contributed by atoms with van der Waals surface area (Å²) in [6.45, 7) is 3.08. The first kappa shape index (κ1) is 10.8. The van der Waals surface area contributed by atoms with Gasteiger partial charge in [0.1, 0.15) is 5.84 Å². The van der Waals surface area contributed by atoms with Gasteiger partial charge in [-0.1, -0.05) is 11.6 Å². The number of nitrogens with zero attached hydrogens (tertiary/aromatic N) is 3. The summed E-state index contributed by atoms with van der Waals surface area (Å²) in [5.74, 6) is 1.03. The molecule has 0 aliphatic carbocycles. The third kappa shape index (κ3) is 2.16. The van der Waals surface area contributed by atoms with Crippen LogP contribution in [0.25, 0.3) is 0 Å². The number of rotatable bonds is 1. The molecule has 1 heterocycles. The summed E-state index contributed by atoms with van der Waals surface area (Å²) in [4.78, 5) is 8.55. The molecule has 0 unspecified atom stereocenters. The summed E-state index contributed by atoms with van der Waals surface area (Å²) in [6, 6.07) is 0. The molecule has 1 aliphatic heterocycles. The molecule has 0 atom stereocenters. The van der Waals surface area contributed by atoms with Gasteiger partial charge in [0.15, 0.2) is 0 Å². The van der Waals surface area contributed by atoms with E-state index in [1.807, 2.05) is 26.0 Å². The molecule has 0 bridgehead atoms. The van der Waals surface area contributed by atoms with Crippen molar-refractivity contribution in [3.05, 3.63) is 23.4 Å². The van der Waals surface area contributed by atoms with Crippen molar-refractivity contribution >= 4 is 5.84 Å². The molecule has 0 saturated heterocycles. The van der Waals surface area contributed by atoms with Crippen molar-refractivity contribution in [2.24, 2.45) is 4.99 Å². The lowest BCUT2D eigenvalue weighted by atomic mass is 10.1. The first-order chi connectivity index (χ1) is 6.56. The molecule has 78 valence electrons. The maximum Gasteiger partial charge on any atom is 0.146 e. The van der Waals surface area contributed by atoms with E-state index in [4.69, 9.17) is 0 Å². The summed E-state index contributed by atoms with van der Waals surface area (Å²) in [5.41, 5.74) is 2.50. The molecule has 0 radical (unpaired) electrons. The Morgan fingerprint density at radius 2 is 2.14 bits per heavy atom. The molecule has 0 aromatic rings. The Labute approximate surface area is 86.4 Å². The molecule has 14 heavy (non-hydrogen) atoms. The number of aliphatic imine (C=N–C) groups is 1. The Balaban J connectivity index is 3.00. The smallest absolute Gasteiger partial charge is 0.146 e. The minimum absolute atomic E-state index is 0.963. The third-order valence-electron chi connectivity index (χ3n) is 2.33. The number of allylic oxidation sites excluding steroid dienone is 2. The van der Waals surface area contributed by atoms with Crippen LogP contribution in [-0.4, -0.2) is 50.4 Å². The molecule has 0 saturated carbocycles. The van der Waals surface area contributed by atoms with E-state index in [-0.39, 0.29) is 0 Å². The fraction of sp³-hybridized carbons (Fsp3) is 0.545. The zero-order chi connectivity index (χ0) is 10.7. The van der Waals surface area contributed by atoms with Crippen molar-refractivity contribution in [2.45, 2.75) is 6.92 Å². The summed E-state index contributed by atoms with van der Waals surface area (Å²) < 4.78 is 0. The quantitative estimate of drug-likeness (QED) is 0.462. The number of hydrogen-bond donors (Lipinski definition) is 0. The number of amidine groups is 1.